The standard InChI is InChI=1S/C6H9Cl2IO3/c7-1-3-4(9)5(10)6(11,2-8)12-3/h3-5,10-11H,1-2H2/t3-,4-,5+,6-/m1/s1. The van der Waals surface area contributed by atoms with Crippen LogP contribution in [0.1, 0.15) is 0 Å². The minimum atomic E-state index is -1.63. The molecule has 6 heteroatoms. The van der Waals surface area contributed by atoms with Gasteiger partial charge in [0.1, 0.15) is 6.10 Å². The van der Waals surface area contributed by atoms with Gasteiger partial charge in [-0.3, -0.25) is 0 Å². The monoisotopic (exact) mass is 326 g/mol. The van der Waals surface area contributed by atoms with Gasteiger partial charge in [-0.25, -0.2) is 0 Å². The van der Waals surface area contributed by atoms with Crippen LogP contribution in [0.4, 0.5) is 0 Å². The lowest BCUT2D eigenvalue weighted by Crippen LogP contribution is -2.43. The largest absolute Gasteiger partial charge is 0.386 e. The maximum Gasteiger partial charge on any atom is 0.207 e. The molecule has 0 amide bonds. The molecule has 0 spiro atoms. The van der Waals surface area contributed by atoms with Crippen LogP contribution in [-0.4, -0.2) is 43.9 Å². The Balaban J connectivity index is 2.72. The van der Waals surface area contributed by atoms with Crippen molar-refractivity contribution in [2.45, 2.75) is 21.9 Å². The van der Waals surface area contributed by atoms with Crippen molar-refractivity contribution in [1.82, 2.24) is 0 Å². The SMILES string of the molecule is O[C@H]1[C@H](I)[C@@H](CCl)O[C@]1(O)CCl. The van der Waals surface area contributed by atoms with Crippen LogP contribution < -0.4 is 0 Å². The van der Waals surface area contributed by atoms with Crippen molar-refractivity contribution in [3.05, 3.63) is 0 Å². The summed E-state index contributed by atoms with van der Waals surface area (Å²) in [6.45, 7) is 0. The first-order chi connectivity index (χ1) is 5.55. The first-order valence-electron chi connectivity index (χ1n) is 3.39. The maximum absolute atomic E-state index is 9.57. The second-order valence-corrected chi connectivity index (χ2v) is 4.69. The molecule has 0 saturated carbocycles. The number of ether oxygens (including phenoxy) is 1. The van der Waals surface area contributed by atoms with Crippen molar-refractivity contribution < 1.29 is 14.9 Å². The van der Waals surface area contributed by atoms with Crippen LogP contribution in [0.2, 0.25) is 0 Å². The van der Waals surface area contributed by atoms with E-state index in [0.717, 1.165) is 0 Å². The lowest BCUT2D eigenvalue weighted by Gasteiger charge is -2.22. The molecule has 72 valence electrons. The highest BCUT2D eigenvalue weighted by Gasteiger charge is 2.51. The zero-order valence-electron chi connectivity index (χ0n) is 6.08. The average molecular weight is 327 g/mol. The number of rotatable bonds is 2. The Bertz CT molecular complexity index is 171. The summed E-state index contributed by atoms with van der Waals surface area (Å²) in [4.78, 5) is 0. The molecule has 3 nitrogen and oxygen atoms in total. The van der Waals surface area contributed by atoms with Crippen LogP contribution in [0.3, 0.4) is 0 Å². The minimum absolute atomic E-state index is 0.152. The third-order valence-electron chi connectivity index (χ3n) is 1.82. The average Bonchev–Trinajstić information content (AvgIpc) is 2.31. The van der Waals surface area contributed by atoms with Crippen LogP contribution in [0.25, 0.3) is 0 Å². The third-order valence-corrected chi connectivity index (χ3v) is 3.99. The summed E-state index contributed by atoms with van der Waals surface area (Å²) in [5, 5.41) is 19.1. The van der Waals surface area contributed by atoms with Crippen molar-refractivity contribution in [3.63, 3.8) is 0 Å². The summed E-state index contributed by atoms with van der Waals surface area (Å²) in [5.41, 5.74) is 0. The quantitative estimate of drug-likeness (QED) is 0.580. The summed E-state index contributed by atoms with van der Waals surface area (Å²) in [6, 6.07) is 0. The molecule has 12 heavy (non-hydrogen) atoms. The summed E-state index contributed by atoms with van der Waals surface area (Å²) in [6.07, 6.45) is -1.31. The van der Waals surface area contributed by atoms with Gasteiger partial charge in [0.25, 0.3) is 0 Å². The molecule has 0 aromatic rings. The predicted molar refractivity (Wildman–Crippen MR) is 55.1 cm³/mol. The molecule has 1 heterocycles. The molecule has 0 aliphatic carbocycles. The van der Waals surface area contributed by atoms with Crippen molar-refractivity contribution >= 4 is 45.8 Å². The van der Waals surface area contributed by atoms with E-state index in [-0.39, 0.29) is 21.8 Å². The van der Waals surface area contributed by atoms with Gasteiger partial charge in [0.2, 0.25) is 5.79 Å². The molecule has 1 saturated heterocycles. The third kappa shape index (κ3) is 1.83. The molecule has 0 bridgehead atoms. The van der Waals surface area contributed by atoms with E-state index in [2.05, 4.69) is 0 Å². The highest BCUT2D eigenvalue weighted by molar-refractivity contribution is 14.1. The molecule has 4 atom stereocenters. The highest BCUT2D eigenvalue weighted by Crippen LogP contribution is 2.35. The highest BCUT2D eigenvalue weighted by atomic mass is 127. The van der Waals surface area contributed by atoms with Gasteiger partial charge in [0.05, 0.1) is 15.9 Å². The lowest BCUT2D eigenvalue weighted by atomic mass is 10.1. The normalized spacial score (nSPS) is 48.2. The first-order valence-corrected chi connectivity index (χ1v) is 5.71. The fourth-order valence-corrected chi connectivity index (χ4v) is 2.82. The van der Waals surface area contributed by atoms with Gasteiger partial charge in [-0.2, -0.15) is 0 Å². The molecule has 0 aromatic carbocycles. The Morgan fingerprint density at radius 3 is 2.33 bits per heavy atom. The second kappa shape index (κ2) is 4.14. The lowest BCUT2D eigenvalue weighted by molar-refractivity contribution is -0.208. The zero-order chi connectivity index (χ0) is 9.35. The molecule has 0 aromatic heterocycles. The summed E-state index contributed by atoms with van der Waals surface area (Å²) < 4.78 is 4.89. The number of hydrogen-bond acceptors (Lipinski definition) is 3. The Labute approximate surface area is 94.1 Å². The van der Waals surface area contributed by atoms with E-state index < -0.39 is 11.9 Å². The Kier molecular flexibility index (Phi) is 3.89. The molecule has 1 rings (SSSR count). The van der Waals surface area contributed by atoms with Gasteiger partial charge in [-0.1, -0.05) is 22.6 Å². The molecule has 0 radical (unpaired) electrons. The van der Waals surface area contributed by atoms with Crippen molar-refractivity contribution in [2.24, 2.45) is 0 Å². The Morgan fingerprint density at radius 2 is 2.08 bits per heavy atom. The molecule has 1 fully saturated rings. The van der Waals surface area contributed by atoms with Gasteiger partial charge in [0, 0.05) is 5.88 Å². The molecule has 1 aliphatic heterocycles. The van der Waals surface area contributed by atoms with Gasteiger partial charge < -0.3 is 14.9 Å². The van der Waals surface area contributed by atoms with Gasteiger partial charge in [-0.15, -0.1) is 23.2 Å². The van der Waals surface area contributed by atoms with E-state index in [0.29, 0.717) is 0 Å². The van der Waals surface area contributed by atoms with Crippen LogP contribution in [-0.2, 0) is 4.74 Å². The summed E-state index contributed by atoms with van der Waals surface area (Å²) >= 11 is 13.0. The molecular weight excluding hydrogens is 318 g/mol. The Morgan fingerprint density at radius 1 is 1.50 bits per heavy atom. The van der Waals surface area contributed by atoms with E-state index in [1.807, 2.05) is 22.6 Å². The van der Waals surface area contributed by atoms with Crippen LogP contribution in [0.15, 0.2) is 0 Å². The fraction of sp³-hybridized carbons (Fsp3) is 1.00. The smallest absolute Gasteiger partial charge is 0.207 e. The van der Waals surface area contributed by atoms with Crippen LogP contribution in [0.5, 0.6) is 0 Å². The van der Waals surface area contributed by atoms with E-state index in [1.165, 1.54) is 0 Å². The van der Waals surface area contributed by atoms with Gasteiger partial charge in [0.15, 0.2) is 0 Å². The Hall–Kier alpha value is 1.19. The predicted octanol–water partition coefficient (Wildman–Crippen LogP) is 0.716. The number of aliphatic hydroxyl groups excluding tert-OH is 1. The molecular formula is C6H9Cl2IO3. The first kappa shape index (κ1) is 11.3. The number of halogens is 3. The topological polar surface area (TPSA) is 49.7 Å². The van der Waals surface area contributed by atoms with E-state index in [4.69, 9.17) is 27.9 Å². The van der Waals surface area contributed by atoms with Crippen LogP contribution >= 0.6 is 45.8 Å². The van der Waals surface area contributed by atoms with E-state index >= 15 is 0 Å². The molecule has 2 N–H and O–H groups in total. The number of hydrogen-bond donors (Lipinski definition) is 2. The van der Waals surface area contributed by atoms with Crippen LogP contribution in [0, 0.1) is 0 Å². The van der Waals surface area contributed by atoms with Gasteiger partial charge >= 0.3 is 0 Å². The van der Waals surface area contributed by atoms with Gasteiger partial charge in [-0.05, 0) is 0 Å². The maximum atomic E-state index is 9.57. The summed E-state index contributed by atoms with van der Waals surface area (Å²) in [5.74, 6) is -1.54. The van der Waals surface area contributed by atoms with Crippen molar-refractivity contribution in [3.8, 4) is 0 Å². The van der Waals surface area contributed by atoms with Crippen molar-refractivity contribution in [1.29, 1.82) is 0 Å². The summed E-state index contributed by atoms with van der Waals surface area (Å²) in [7, 11) is 0. The van der Waals surface area contributed by atoms with E-state index in [9.17, 15) is 10.2 Å². The molecule has 0 unspecified atom stereocenters. The van der Waals surface area contributed by atoms with E-state index in [1.54, 1.807) is 0 Å². The fourth-order valence-electron chi connectivity index (χ4n) is 1.08. The molecule has 1 aliphatic rings. The van der Waals surface area contributed by atoms with Crippen molar-refractivity contribution in [2.75, 3.05) is 11.8 Å². The number of aliphatic hydroxyl groups is 2. The number of alkyl halides is 3. The second-order valence-electron chi connectivity index (χ2n) is 2.68. The minimum Gasteiger partial charge on any atom is -0.386 e. The zero-order valence-corrected chi connectivity index (χ0v) is 9.75.